The summed E-state index contributed by atoms with van der Waals surface area (Å²) >= 11 is 0. The van der Waals surface area contributed by atoms with Crippen molar-refractivity contribution in [1.82, 2.24) is 5.32 Å². The van der Waals surface area contributed by atoms with Gasteiger partial charge in [0.2, 0.25) is 0 Å². The van der Waals surface area contributed by atoms with Crippen LogP contribution in [0.4, 0.5) is 0 Å². The van der Waals surface area contributed by atoms with Gasteiger partial charge in [0.25, 0.3) is 0 Å². The van der Waals surface area contributed by atoms with E-state index in [1.54, 1.807) is 7.11 Å². The molecule has 0 aliphatic heterocycles. The van der Waals surface area contributed by atoms with Crippen LogP contribution in [0.25, 0.3) is 6.08 Å². The van der Waals surface area contributed by atoms with Crippen molar-refractivity contribution in [2.75, 3.05) is 26.8 Å². The third-order valence-corrected chi connectivity index (χ3v) is 2.89. The van der Waals surface area contributed by atoms with E-state index in [-0.39, 0.29) is 6.10 Å². The second-order valence-electron chi connectivity index (χ2n) is 5.06. The van der Waals surface area contributed by atoms with E-state index in [0.717, 1.165) is 31.9 Å². The largest absolute Gasteiger partial charge is 0.491 e. The third kappa shape index (κ3) is 6.73. The van der Waals surface area contributed by atoms with E-state index >= 15 is 0 Å². The molecule has 0 aliphatic rings. The Balaban J connectivity index is 2.64. The molecule has 0 spiro atoms. The topological polar surface area (TPSA) is 30.5 Å². The minimum Gasteiger partial charge on any atom is -0.491 e. The van der Waals surface area contributed by atoms with Gasteiger partial charge in [0, 0.05) is 20.2 Å². The highest BCUT2D eigenvalue weighted by Crippen LogP contribution is 2.17. The number of methoxy groups -OCH3 is 1. The molecule has 0 atom stereocenters. The highest BCUT2D eigenvalue weighted by Gasteiger charge is 2.00. The maximum Gasteiger partial charge on any atom is 0.120 e. The van der Waals surface area contributed by atoms with Gasteiger partial charge < -0.3 is 14.8 Å². The van der Waals surface area contributed by atoms with E-state index in [4.69, 9.17) is 9.47 Å². The molecule has 0 saturated heterocycles. The molecule has 3 heteroatoms. The quantitative estimate of drug-likeness (QED) is 0.701. The molecule has 0 heterocycles. The van der Waals surface area contributed by atoms with Crippen LogP contribution in [0.3, 0.4) is 0 Å². The standard InChI is InChI=1S/C17H27NO2/c1-5-15(13-18-9-10-19-4)11-16-7-6-8-17(12-16)20-14(2)3/h6-8,11-12,14,18H,5,9-10,13H2,1-4H3. The second-order valence-corrected chi connectivity index (χ2v) is 5.06. The van der Waals surface area contributed by atoms with Gasteiger partial charge in [0.05, 0.1) is 12.7 Å². The van der Waals surface area contributed by atoms with Crippen LogP contribution in [0.2, 0.25) is 0 Å². The Bertz CT molecular complexity index is 413. The maximum absolute atomic E-state index is 5.72. The summed E-state index contributed by atoms with van der Waals surface area (Å²) in [6, 6.07) is 8.23. The van der Waals surface area contributed by atoms with Crippen molar-refractivity contribution in [3.05, 3.63) is 35.4 Å². The van der Waals surface area contributed by atoms with Crippen LogP contribution < -0.4 is 10.1 Å². The van der Waals surface area contributed by atoms with Gasteiger partial charge in [0.1, 0.15) is 5.75 Å². The molecule has 0 aromatic heterocycles. The minimum atomic E-state index is 0.204. The molecule has 112 valence electrons. The lowest BCUT2D eigenvalue weighted by atomic mass is 10.1. The molecule has 1 N–H and O–H groups in total. The molecule has 0 fully saturated rings. The van der Waals surface area contributed by atoms with Crippen LogP contribution in [0.5, 0.6) is 5.75 Å². The van der Waals surface area contributed by atoms with Crippen LogP contribution in [0.1, 0.15) is 32.8 Å². The molecule has 0 unspecified atom stereocenters. The van der Waals surface area contributed by atoms with Crippen molar-refractivity contribution < 1.29 is 9.47 Å². The Morgan fingerprint density at radius 3 is 2.80 bits per heavy atom. The summed E-state index contributed by atoms with van der Waals surface area (Å²) in [4.78, 5) is 0. The summed E-state index contributed by atoms with van der Waals surface area (Å²) in [7, 11) is 1.72. The Labute approximate surface area is 123 Å². The van der Waals surface area contributed by atoms with Gasteiger partial charge >= 0.3 is 0 Å². The van der Waals surface area contributed by atoms with Gasteiger partial charge in [-0.2, -0.15) is 0 Å². The lowest BCUT2D eigenvalue weighted by Gasteiger charge is -2.11. The maximum atomic E-state index is 5.72. The van der Waals surface area contributed by atoms with Gasteiger partial charge in [-0.3, -0.25) is 0 Å². The van der Waals surface area contributed by atoms with Crippen molar-refractivity contribution in [2.24, 2.45) is 0 Å². The fourth-order valence-electron chi connectivity index (χ4n) is 1.89. The van der Waals surface area contributed by atoms with E-state index in [1.165, 1.54) is 11.1 Å². The van der Waals surface area contributed by atoms with Crippen LogP contribution in [-0.2, 0) is 4.74 Å². The summed E-state index contributed by atoms with van der Waals surface area (Å²) in [6.07, 6.45) is 3.47. The average Bonchev–Trinajstić information content (AvgIpc) is 2.42. The van der Waals surface area contributed by atoms with Crippen LogP contribution in [0.15, 0.2) is 29.8 Å². The minimum absolute atomic E-state index is 0.204. The molecule has 1 rings (SSSR count). The first-order valence-electron chi connectivity index (χ1n) is 7.31. The van der Waals surface area contributed by atoms with E-state index in [9.17, 15) is 0 Å². The van der Waals surface area contributed by atoms with Gasteiger partial charge in [0.15, 0.2) is 0 Å². The molecular weight excluding hydrogens is 250 g/mol. The summed E-state index contributed by atoms with van der Waals surface area (Å²) in [6.45, 7) is 8.78. The van der Waals surface area contributed by atoms with E-state index < -0.39 is 0 Å². The number of nitrogens with one attached hydrogen (secondary N) is 1. The van der Waals surface area contributed by atoms with Crippen LogP contribution in [0, 0.1) is 0 Å². The molecule has 1 aromatic carbocycles. The number of hydrogen-bond acceptors (Lipinski definition) is 3. The molecule has 3 nitrogen and oxygen atoms in total. The van der Waals surface area contributed by atoms with E-state index in [0.29, 0.717) is 0 Å². The zero-order valence-electron chi connectivity index (χ0n) is 13.1. The highest BCUT2D eigenvalue weighted by molar-refractivity contribution is 5.55. The summed E-state index contributed by atoms with van der Waals surface area (Å²) in [5.41, 5.74) is 2.57. The van der Waals surface area contributed by atoms with Gasteiger partial charge in [-0.15, -0.1) is 0 Å². The molecule has 0 bridgehead atoms. The van der Waals surface area contributed by atoms with Crippen molar-refractivity contribution in [2.45, 2.75) is 33.3 Å². The summed E-state index contributed by atoms with van der Waals surface area (Å²) in [5.74, 6) is 0.927. The second kappa shape index (κ2) is 9.56. The first-order chi connectivity index (χ1) is 9.65. The number of hydrogen-bond donors (Lipinski definition) is 1. The number of benzene rings is 1. The monoisotopic (exact) mass is 277 g/mol. The lowest BCUT2D eigenvalue weighted by molar-refractivity contribution is 0.200. The zero-order chi connectivity index (χ0) is 14.8. The van der Waals surface area contributed by atoms with Gasteiger partial charge in [-0.25, -0.2) is 0 Å². The fraction of sp³-hybridized carbons (Fsp3) is 0.529. The molecule has 1 aromatic rings. The number of rotatable bonds is 9. The Morgan fingerprint density at radius 1 is 1.35 bits per heavy atom. The van der Waals surface area contributed by atoms with E-state index in [1.807, 2.05) is 26.0 Å². The van der Waals surface area contributed by atoms with Gasteiger partial charge in [-0.05, 0) is 38.0 Å². The van der Waals surface area contributed by atoms with E-state index in [2.05, 4.69) is 30.4 Å². The molecule has 0 aliphatic carbocycles. The first-order valence-corrected chi connectivity index (χ1v) is 7.31. The zero-order valence-corrected chi connectivity index (χ0v) is 13.1. The Kier molecular flexibility index (Phi) is 8.00. The molecule has 0 saturated carbocycles. The van der Waals surface area contributed by atoms with Crippen molar-refractivity contribution in [1.29, 1.82) is 0 Å². The third-order valence-electron chi connectivity index (χ3n) is 2.89. The van der Waals surface area contributed by atoms with Crippen molar-refractivity contribution in [3.8, 4) is 5.75 Å². The Morgan fingerprint density at radius 2 is 2.15 bits per heavy atom. The molecule has 0 amide bonds. The molecular formula is C17H27NO2. The summed E-state index contributed by atoms with van der Waals surface area (Å²) in [5, 5.41) is 3.38. The predicted molar refractivity (Wildman–Crippen MR) is 85.2 cm³/mol. The number of ether oxygens (including phenoxy) is 2. The van der Waals surface area contributed by atoms with Gasteiger partial charge in [-0.1, -0.05) is 30.7 Å². The van der Waals surface area contributed by atoms with Crippen LogP contribution in [-0.4, -0.2) is 32.9 Å². The SMILES string of the molecule is CCC(=Cc1cccc(OC(C)C)c1)CNCCOC. The predicted octanol–water partition coefficient (Wildman–Crippen LogP) is 3.50. The Hall–Kier alpha value is -1.32. The molecule has 20 heavy (non-hydrogen) atoms. The average molecular weight is 277 g/mol. The van der Waals surface area contributed by atoms with Crippen molar-refractivity contribution >= 4 is 6.08 Å². The van der Waals surface area contributed by atoms with Crippen LogP contribution >= 0.6 is 0 Å². The summed E-state index contributed by atoms with van der Waals surface area (Å²) < 4.78 is 10.8. The molecule has 0 radical (unpaired) electrons. The smallest absolute Gasteiger partial charge is 0.120 e. The fourth-order valence-corrected chi connectivity index (χ4v) is 1.89. The highest BCUT2D eigenvalue weighted by atomic mass is 16.5. The van der Waals surface area contributed by atoms with Crippen molar-refractivity contribution in [3.63, 3.8) is 0 Å². The first kappa shape index (κ1) is 16.7. The lowest BCUT2D eigenvalue weighted by Crippen LogP contribution is -2.21. The normalized spacial score (nSPS) is 11.9.